The molecule has 1 aromatic carbocycles. The van der Waals surface area contributed by atoms with Crippen molar-refractivity contribution in [3.63, 3.8) is 0 Å². The summed E-state index contributed by atoms with van der Waals surface area (Å²) in [6.45, 7) is 0. The molecule has 6 heteroatoms. The van der Waals surface area contributed by atoms with Crippen LogP contribution < -0.4 is 5.30 Å². The summed E-state index contributed by atoms with van der Waals surface area (Å²) in [7, 11) is 0.349. The molecule has 155 valence electrons. The van der Waals surface area contributed by atoms with Crippen LogP contribution in [0.3, 0.4) is 0 Å². The molecule has 0 saturated heterocycles. The molecular formula is C26H20N4OP. The summed E-state index contributed by atoms with van der Waals surface area (Å²) in [6.07, 6.45) is 8.09. The molecular weight excluding hydrogens is 415 g/mol. The van der Waals surface area contributed by atoms with Crippen molar-refractivity contribution in [1.29, 1.82) is 0 Å². The summed E-state index contributed by atoms with van der Waals surface area (Å²) in [5.74, 6) is 0. The van der Waals surface area contributed by atoms with Gasteiger partial charge in [-0.1, -0.05) is 30.3 Å². The van der Waals surface area contributed by atoms with Crippen molar-refractivity contribution in [1.82, 2.24) is 19.9 Å². The van der Waals surface area contributed by atoms with Gasteiger partial charge in [0.15, 0.2) is 0 Å². The van der Waals surface area contributed by atoms with Crippen LogP contribution in [0.2, 0.25) is 0 Å². The monoisotopic (exact) mass is 435 g/mol. The van der Waals surface area contributed by atoms with Crippen LogP contribution in [-0.4, -0.2) is 24.8 Å². The lowest BCUT2D eigenvalue weighted by atomic mass is 10.3. The van der Waals surface area contributed by atoms with Gasteiger partial charge in [-0.2, -0.15) is 0 Å². The van der Waals surface area contributed by atoms with Gasteiger partial charge in [-0.15, -0.1) is 0 Å². The quantitative estimate of drug-likeness (QED) is 0.285. The summed E-state index contributed by atoms with van der Waals surface area (Å²) >= 11 is 0. The fraction of sp³-hybridized carbons (Fsp3) is 0. The van der Waals surface area contributed by atoms with Gasteiger partial charge in [0.2, 0.25) is 0 Å². The van der Waals surface area contributed by atoms with Crippen molar-refractivity contribution in [2.45, 2.75) is 0 Å². The maximum atomic E-state index is 8.51. The van der Waals surface area contributed by atoms with E-state index in [1.807, 2.05) is 78.9 Å². The van der Waals surface area contributed by atoms with Gasteiger partial charge in [0, 0.05) is 27.4 Å². The average Bonchev–Trinajstić information content (AvgIpc) is 3.61. The Balaban J connectivity index is 0.000000230. The lowest BCUT2D eigenvalue weighted by Crippen LogP contribution is -1.88. The van der Waals surface area contributed by atoms with E-state index in [9.17, 15) is 0 Å². The number of benzene rings is 1. The first-order chi connectivity index (χ1) is 15.7. The van der Waals surface area contributed by atoms with E-state index in [1.54, 1.807) is 0 Å². The molecule has 0 fully saturated rings. The molecule has 0 atom stereocenters. The van der Waals surface area contributed by atoms with E-state index in [4.69, 9.17) is 4.89 Å². The number of nitrogens with one attached hydrogen (secondary N) is 2. The van der Waals surface area contributed by atoms with Crippen LogP contribution in [0, 0.1) is 0 Å². The Morgan fingerprint density at radius 1 is 0.531 bits per heavy atom. The van der Waals surface area contributed by atoms with Crippen LogP contribution >= 0.6 is 8.81 Å². The van der Waals surface area contributed by atoms with Gasteiger partial charge in [0.1, 0.15) is 8.81 Å². The van der Waals surface area contributed by atoms with Crippen LogP contribution in [0.15, 0.2) is 78.9 Å². The number of hydrogen-bond donors (Lipinski definition) is 3. The maximum absolute atomic E-state index is 8.51. The van der Waals surface area contributed by atoms with Crippen LogP contribution in [0.4, 0.5) is 0 Å². The summed E-state index contributed by atoms with van der Waals surface area (Å²) in [5, 5.41) is 0.938. The Hall–Kier alpha value is -3.79. The van der Waals surface area contributed by atoms with Gasteiger partial charge < -0.3 is 14.9 Å². The third-order valence-electron chi connectivity index (χ3n) is 4.91. The van der Waals surface area contributed by atoms with Gasteiger partial charge in [0.05, 0.1) is 22.8 Å². The van der Waals surface area contributed by atoms with Crippen LogP contribution in [0.25, 0.3) is 46.4 Å². The zero-order valence-electron chi connectivity index (χ0n) is 17.1. The Labute approximate surface area is 187 Å². The molecule has 2 aliphatic rings. The first kappa shape index (κ1) is 20.1. The number of hydrogen-bond acceptors (Lipinski definition) is 3. The fourth-order valence-corrected chi connectivity index (χ4v) is 3.74. The Kier molecular flexibility index (Phi) is 5.75. The lowest BCUT2D eigenvalue weighted by molar-refractivity contribution is 0.655. The van der Waals surface area contributed by atoms with Gasteiger partial charge >= 0.3 is 0 Å². The number of nitrogens with zero attached hydrogens (tertiary/aromatic N) is 2. The van der Waals surface area contributed by atoms with E-state index < -0.39 is 0 Å². The SMILES string of the molecule is C1=Cc2cc3ccc(cc4nc(cc5ccc(cc1n2)[nH]5)C=C4)[nH]3.O[P]c1ccccc1. The molecule has 0 unspecified atom stereocenters. The number of aromatic amines is 2. The van der Waals surface area contributed by atoms with E-state index in [0.717, 1.165) is 50.1 Å². The average molecular weight is 435 g/mol. The normalized spacial score (nSPS) is 12.2. The predicted octanol–water partition coefficient (Wildman–Crippen LogP) is 5.82. The number of aromatic nitrogens is 4. The summed E-state index contributed by atoms with van der Waals surface area (Å²) in [4.78, 5) is 24.5. The molecule has 3 aromatic heterocycles. The van der Waals surface area contributed by atoms with Crippen LogP contribution in [0.1, 0.15) is 22.8 Å². The molecule has 1 radical (unpaired) electrons. The first-order valence-corrected chi connectivity index (χ1v) is 11.0. The number of fused-ring (bicyclic) bond motifs is 8. The highest BCUT2D eigenvalue weighted by Crippen LogP contribution is 2.16. The molecule has 0 spiro atoms. The molecule has 8 bridgehead atoms. The van der Waals surface area contributed by atoms with Crippen molar-refractivity contribution in [2.75, 3.05) is 0 Å². The summed E-state index contributed by atoms with van der Waals surface area (Å²) < 4.78 is 0. The molecule has 5 heterocycles. The van der Waals surface area contributed by atoms with E-state index in [1.165, 1.54) is 0 Å². The highest BCUT2D eigenvalue weighted by atomic mass is 31.1. The second-order valence-corrected chi connectivity index (χ2v) is 8.06. The fourth-order valence-electron chi connectivity index (χ4n) is 3.44. The zero-order valence-corrected chi connectivity index (χ0v) is 18.0. The van der Waals surface area contributed by atoms with Crippen molar-refractivity contribution in [3.8, 4) is 0 Å². The highest BCUT2D eigenvalue weighted by Gasteiger charge is 2.01. The van der Waals surface area contributed by atoms with Gasteiger partial charge in [-0.05, 0) is 72.8 Å². The van der Waals surface area contributed by atoms with Crippen molar-refractivity contribution in [2.24, 2.45) is 0 Å². The molecule has 6 rings (SSSR count). The number of rotatable bonds is 1. The van der Waals surface area contributed by atoms with Crippen molar-refractivity contribution in [3.05, 3.63) is 102 Å². The Bertz CT molecular complexity index is 1290. The zero-order chi connectivity index (χ0) is 21.8. The standard InChI is InChI=1S/C20H14N4.C6H6OP/c1-2-14-10-16-5-6-18(23-16)12-20-8-7-19(24-20)11-17-4-3-15(22-17)9-13(1)21-14;7-8-6-4-2-1-3-5-6/h1-12,21,24H;1-5,7H. The molecule has 0 saturated carbocycles. The predicted molar refractivity (Wildman–Crippen MR) is 134 cm³/mol. The Morgan fingerprint density at radius 3 is 1.22 bits per heavy atom. The minimum absolute atomic E-state index is 0.349. The largest absolute Gasteiger partial charge is 0.362 e. The summed E-state index contributed by atoms with van der Waals surface area (Å²) in [5.41, 5.74) is 7.86. The molecule has 3 N–H and O–H groups in total. The molecule has 32 heavy (non-hydrogen) atoms. The second-order valence-electron chi connectivity index (χ2n) is 7.34. The minimum Gasteiger partial charge on any atom is -0.362 e. The van der Waals surface area contributed by atoms with E-state index in [2.05, 4.69) is 44.2 Å². The van der Waals surface area contributed by atoms with E-state index >= 15 is 0 Å². The van der Waals surface area contributed by atoms with E-state index in [-0.39, 0.29) is 0 Å². The highest BCUT2D eigenvalue weighted by molar-refractivity contribution is 7.40. The minimum atomic E-state index is 0.349. The molecule has 0 amide bonds. The van der Waals surface area contributed by atoms with Gasteiger partial charge in [0.25, 0.3) is 0 Å². The maximum Gasteiger partial charge on any atom is 0.113 e. The smallest absolute Gasteiger partial charge is 0.113 e. The topological polar surface area (TPSA) is 77.6 Å². The van der Waals surface area contributed by atoms with Crippen molar-refractivity contribution < 1.29 is 4.89 Å². The molecule has 5 nitrogen and oxygen atoms in total. The molecule has 4 aromatic rings. The number of H-pyrrole nitrogens is 2. The van der Waals surface area contributed by atoms with E-state index in [0.29, 0.717) is 8.81 Å². The third-order valence-corrected chi connectivity index (χ3v) is 5.44. The van der Waals surface area contributed by atoms with Crippen molar-refractivity contribution >= 4 is 60.5 Å². The van der Waals surface area contributed by atoms with Crippen LogP contribution in [0.5, 0.6) is 0 Å². The molecule has 2 aliphatic heterocycles. The van der Waals surface area contributed by atoms with Gasteiger partial charge in [-0.25, -0.2) is 9.97 Å². The Morgan fingerprint density at radius 2 is 0.906 bits per heavy atom. The lowest BCUT2D eigenvalue weighted by Gasteiger charge is -1.87. The molecule has 0 aliphatic carbocycles. The summed E-state index contributed by atoms with van der Waals surface area (Å²) in [6, 6.07) is 25.8. The van der Waals surface area contributed by atoms with Crippen LogP contribution in [-0.2, 0) is 0 Å². The van der Waals surface area contributed by atoms with Gasteiger partial charge in [-0.3, -0.25) is 0 Å². The third kappa shape index (κ3) is 4.92. The second kappa shape index (κ2) is 9.15. The first-order valence-electron chi connectivity index (χ1n) is 10.2.